The first kappa shape index (κ1) is 28.6. The lowest BCUT2D eigenvalue weighted by Crippen LogP contribution is -2.53. The highest BCUT2D eigenvalue weighted by Crippen LogP contribution is 2.37. The monoisotopic (exact) mass is 571 g/mol. The standard InChI is InChI=1S/C27H31N5O2.C2HF3O2/c1-19-24(20(2)34-30-19)17-32-15-21-5-3-4-6-26(21)33-27(18-32)8-11-31(12-9-27)16-22-13-29-25-14-28-10-7-23(22)25;3-2(4,5)1(6)7/h3-7,10,13-14,29H,8-9,11-12,15-18H2,1-2H3;(H,6,7). The van der Waals surface area contributed by atoms with E-state index in [0.717, 1.165) is 74.8 Å². The molecular formula is C29H32F3N5O4. The first-order valence-electron chi connectivity index (χ1n) is 13.4. The van der Waals surface area contributed by atoms with Crippen LogP contribution in [0.2, 0.25) is 0 Å². The number of aryl methyl sites for hydroxylation is 2. The van der Waals surface area contributed by atoms with E-state index in [1.165, 1.54) is 22.1 Å². The zero-order valence-corrected chi connectivity index (χ0v) is 22.9. The Balaban J connectivity index is 0.000000431. The van der Waals surface area contributed by atoms with Gasteiger partial charge in [-0.05, 0) is 31.5 Å². The van der Waals surface area contributed by atoms with E-state index in [1.54, 1.807) is 0 Å². The van der Waals surface area contributed by atoms with Crippen molar-refractivity contribution >= 4 is 16.9 Å². The van der Waals surface area contributed by atoms with Gasteiger partial charge in [0.1, 0.15) is 17.1 Å². The van der Waals surface area contributed by atoms with Gasteiger partial charge in [0.15, 0.2) is 0 Å². The Morgan fingerprint density at radius 2 is 1.85 bits per heavy atom. The maximum absolute atomic E-state index is 10.6. The molecule has 1 fully saturated rings. The van der Waals surface area contributed by atoms with Crippen LogP contribution in [-0.4, -0.2) is 67.4 Å². The number of nitrogens with one attached hydrogen (secondary N) is 1. The van der Waals surface area contributed by atoms with E-state index < -0.39 is 12.1 Å². The summed E-state index contributed by atoms with van der Waals surface area (Å²) in [5, 5.41) is 12.6. The van der Waals surface area contributed by atoms with Gasteiger partial charge in [0, 0.05) is 81.0 Å². The van der Waals surface area contributed by atoms with E-state index in [2.05, 4.69) is 61.5 Å². The number of rotatable bonds is 4. The molecule has 1 aromatic carbocycles. The lowest BCUT2D eigenvalue weighted by atomic mass is 9.90. The molecule has 12 heteroatoms. The number of fused-ring (bicyclic) bond motifs is 2. The molecule has 2 N–H and O–H groups in total. The number of carboxylic acid groups (broad SMARTS) is 1. The molecule has 0 radical (unpaired) electrons. The molecule has 9 nitrogen and oxygen atoms in total. The fraction of sp³-hybridized carbons (Fsp3) is 0.414. The fourth-order valence-corrected chi connectivity index (χ4v) is 5.55. The smallest absolute Gasteiger partial charge is 0.486 e. The van der Waals surface area contributed by atoms with E-state index >= 15 is 0 Å². The quantitative estimate of drug-likeness (QED) is 0.343. The number of ether oxygens (including phenoxy) is 1. The SMILES string of the molecule is Cc1noc(C)c1CN1Cc2ccccc2OC2(CCN(Cc3c[nH]c4cnccc34)CC2)C1.O=C(O)C(F)(F)F. The fourth-order valence-electron chi connectivity index (χ4n) is 5.55. The summed E-state index contributed by atoms with van der Waals surface area (Å²) in [7, 11) is 0. The number of nitrogens with zero attached hydrogens (tertiary/aromatic N) is 4. The van der Waals surface area contributed by atoms with Gasteiger partial charge in [0.25, 0.3) is 0 Å². The number of aromatic amines is 1. The molecule has 4 aromatic rings. The zero-order chi connectivity index (χ0) is 29.2. The van der Waals surface area contributed by atoms with Crippen LogP contribution >= 0.6 is 0 Å². The number of carboxylic acids is 1. The van der Waals surface area contributed by atoms with Crippen LogP contribution in [-0.2, 0) is 24.4 Å². The Labute approximate surface area is 234 Å². The highest BCUT2D eigenvalue weighted by Gasteiger charge is 2.41. The van der Waals surface area contributed by atoms with E-state index in [0.29, 0.717) is 0 Å². The third-order valence-corrected chi connectivity index (χ3v) is 7.74. The molecule has 0 atom stereocenters. The van der Waals surface area contributed by atoms with Crippen LogP contribution in [0.15, 0.2) is 53.4 Å². The summed E-state index contributed by atoms with van der Waals surface area (Å²) in [6, 6.07) is 10.6. The molecule has 218 valence electrons. The lowest BCUT2D eigenvalue weighted by Gasteiger charge is -2.43. The van der Waals surface area contributed by atoms with Crippen LogP contribution < -0.4 is 4.74 Å². The van der Waals surface area contributed by atoms with Crippen molar-refractivity contribution in [3.8, 4) is 5.75 Å². The molecule has 0 amide bonds. The molecule has 0 aliphatic carbocycles. The number of aromatic nitrogens is 3. The number of piperidine rings is 1. The van der Waals surface area contributed by atoms with Crippen molar-refractivity contribution in [1.82, 2.24) is 24.9 Å². The van der Waals surface area contributed by atoms with Crippen LogP contribution in [0, 0.1) is 13.8 Å². The van der Waals surface area contributed by atoms with Crippen LogP contribution in [0.5, 0.6) is 5.75 Å². The Hall–Kier alpha value is -3.90. The molecule has 2 aliphatic heterocycles. The number of H-pyrrole nitrogens is 1. The van der Waals surface area contributed by atoms with Crippen molar-refractivity contribution in [2.45, 2.75) is 58.1 Å². The van der Waals surface area contributed by atoms with Gasteiger partial charge in [-0.25, -0.2) is 4.79 Å². The summed E-state index contributed by atoms with van der Waals surface area (Å²) in [5.41, 5.74) is 5.67. The summed E-state index contributed by atoms with van der Waals surface area (Å²) >= 11 is 0. The van der Waals surface area contributed by atoms with Crippen molar-refractivity contribution in [3.05, 3.63) is 77.1 Å². The average Bonchev–Trinajstić information content (AvgIpc) is 3.43. The van der Waals surface area contributed by atoms with Gasteiger partial charge in [-0.1, -0.05) is 23.4 Å². The second kappa shape index (κ2) is 11.5. The summed E-state index contributed by atoms with van der Waals surface area (Å²) in [6.45, 7) is 9.61. The molecular weight excluding hydrogens is 539 g/mol. The van der Waals surface area contributed by atoms with Crippen LogP contribution in [0.1, 0.15) is 41.0 Å². The third kappa shape index (κ3) is 6.54. The number of benzene rings is 1. The summed E-state index contributed by atoms with van der Waals surface area (Å²) in [6.07, 6.45) is 2.82. The summed E-state index contributed by atoms with van der Waals surface area (Å²) in [5.74, 6) is -0.817. The molecule has 3 aromatic heterocycles. The maximum atomic E-state index is 10.6. The molecule has 0 saturated carbocycles. The van der Waals surface area contributed by atoms with E-state index in [1.807, 2.05) is 26.2 Å². The van der Waals surface area contributed by atoms with Gasteiger partial charge in [0.2, 0.25) is 0 Å². The van der Waals surface area contributed by atoms with Crippen LogP contribution in [0.3, 0.4) is 0 Å². The van der Waals surface area contributed by atoms with Crippen LogP contribution in [0.25, 0.3) is 10.9 Å². The largest absolute Gasteiger partial charge is 0.490 e. The van der Waals surface area contributed by atoms with E-state index in [9.17, 15) is 13.2 Å². The molecule has 1 saturated heterocycles. The van der Waals surface area contributed by atoms with E-state index in [4.69, 9.17) is 19.2 Å². The number of likely N-dealkylation sites (tertiary alicyclic amines) is 1. The van der Waals surface area contributed by atoms with Gasteiger partial charge in [-0.15, -0.1) is 0 Å². The van der Waals surface area contributed by atoms with Crippen molar-refractivity contribution < 1.29 is 32.3 Å². The summed E-state index contributed by atoms with van der Waals surface area (Å²) < 4.78 is 44.0. The van der Waals surface area contributed by atoms with Gasteiger partial charge in [-0.2, -0.15) is 13.2 Å². The Morgan fingerprint density at radius 3 is 2.54 bits per heavy atom. The Bertz CT molecular complexity index is 1490. The van der Waals surface area contributed by atoms with Crippen molar-refractivity contribution in [2.24, 2.45) is 0 Å². The summed E-state index contributed by atoms with van der Waals surface area (Å²) in [4.78, 5) is 21.5. The zero-order valence-electron chi connectivity index (χ0n) is 22.9. The predicted octanol–water partition coefficient (Wildman–Crippen LogP) is 5.23. The van der Waals surface area contributed by atoms with Gasteiger partial charge in [-0.3, -0.25) is 14.8 Å². The maximum Gasteiger partial charge on any atom is 0.490 e. The van der Waals surface area contributed by atoms with Crippen molar-refractivity contribution in [2.75, 3.05) is 19.6 Å². The predicted molar refractivity (Wildman–Crippen MR) is 144 cm³/mol. The number of aliphatic carboxylic acids is 1. The second-order valence-electron chi connectivity index (χ2n) is 10.7. The number of carbonyl (C=O) groups is 1. The molecule has 2 aliphatic rings. The van der Waals surface area contributed by atoms with Gasteiger partial charge < -0.3 is 19.4 Å². The number of para-hydroxylation sites is 1. The molecule has 0 bridgehead atoms. The molecule has 0 unspecified atom stereocenters. The Morgan fingerprint density at radius 1 is 1.12 bits per heavy atom. The third-order valence-electron chi connectivity index (χ3n) is 7.74. The topological polar surface area (TPSA) is 108 Å². The Kier molecular flexibility index (Phi) is 8.05. The van der Waals surface area contributed by atoms with E-state index in [-0.39, 0.29) is 5.60 Å². The highest BCUT2D eigenvalue weighted by molar-refractivity contribution is 5.82. The highest BCUT2D eigenvalue weighted by atomic mass is 19.4. The second-order valence-corrected chi connectivity index (χ2v) is 10.7. The molecule has 6 rings (SSSR count). The molecule has 5 heterocycles. The van der Waals surface area contributed by atoms with Crippen molar-refractivity contribution in [3.63, 3.8) is 0 Å². The number of halogens is 3. The number of hydrogen-bond acceptors (Lipinski definition) is 7. The minimum Gasteiger partial charge on any atom is -0.486 e. The van der Waals surface area contributed by atoms with Gasteiger partial charge in [0.05, 0.1) is 17.4 Å². The first-order chi connectivity index (χ1) is 19.5. The number of hydrogen-bond donors (Lipinski definition) is 2. The number of alkyl halides is 3. The molecule has 41 heavy (non-hydrogen) atoms. The number of pyridine rings is 1. The average molecular weight is 572 g/mol. The van der Waals surface area contributed by atoms with Crippen LogP contribution in [0.4, 0.5) is 13.2 Å². The minimum atomic E-state index is -5.08. The molecule has 1 spiro atoms. The minimum absolute atomic E-state index is 0.188. The van der Waals surface area contributed by atoms with Gasteiger partial charge >= 0.3 is 12.1 Å². The van der Waals surface area contributed by atoms with Crippen molar-refractivity contribution in [1.29, 1.82) is 0 Å². The first-order valence-corrected chi connectivity index (χ1v) is 13.4. The lowest BCUT2D eigenvalue weighted by molar-refractivity contribution is -0.192. The normalized spacial score (nSPS) is 17.4.